The molecule has 1 N–H and O–H groups in total. The molecule has 0 bridgehead atoms. The highest BCUT2D eigenvalue weighted by Gasteiger charge is 2.03. The van der Waals surface area contributed by atoms with Gasteiger partial charge in [0.05, 0.1) is 0 Å². The van der Waals surface area contributed by atoms with Crippen LogP contribution in [-0.2, 0) is 0 Å². The Labute approximate surface area is 78.8 Å². The summed E-state index contributed by atoms with van der Waals surface area (Å²) in [6.07, 6.45) is 1.24. The molecule has 2 heteroatoms. The van der Waals surface area contributed by atoms with E-state index >= 15 is 0 Å². The second-order valence-electron chi connectivity index (χ2n) is 3.10. The molecule has 0 aliphatic carbocycles. The van der Waals surface area contributed by atoms with Crippen molar-refractivity contribution in [3.05, 3.63) is 22.4 Å². The monoisotopic (exact) mass is 183 g/mol. The Bertz CT molecular complexity index is 194. The Hall–Kier alpha value is -0.340. The molecule has 0 fully saturated rings. The molecular formula is C10H17NS. The van der Waals surface area contributed by atoms with Crippen molar-refractivity contribution in [2.24, 2.45) is 0 Å². The molecule has 0 saturated carbocycles. The van der Waals surface area contributed by atoms with E-state index in [2.05, 4.69) is 36.0 Å². The third-order valence-corrected chi connectivity index (χ3v) is 2.82. The third kappa shape index (κ3) is 2.95. The van der Waals surface area contributed by atoms with Crippen molar-refractivity contribution < 1.29 is 0 Å². The molecule has 1 aromatic heterocycles. The summed E-state index contributed by atoms with van der Waals surface area (Å²) < 4.78 is 0. The Morgan fingerprint density at radius 3 is 3.00 bits per heavy atom. The lowest BCUT2D eigenvalue weighted by molar-refractivity contribution is 0.610. The Balaban J connectivity index is 2.25. The number of hydrogen-bond donors (Lipinski definition) is 1. The maximum atomic E-state index is 3.34. The predicted molar refractivity (Wildman–Crippen MR) is 55.9 cm³/mol. The van der Waals surface area contributed by atoms with Gasteiger partial charge in [-0.25, -0.2) is 0 Å². The van der Waals surface area contributed by atoms with Gasteiger partial charge in [-0.3, -0.25) is 0 Å². The van der Waals surface area contributed by atoms with Gasteiger partial charge in [0.15, 0.2) is 0 Å². The van der Waals surface area contributed by atoms with Gasteiger partial charge in [-0.2, -0.15) is 11.3 Å². The molecule has 0 saturated heterocycles. The average molecular weight is 183 g/mol. The van der Waals surface area contributed by atoms with Gasteiger partial charge in [-0.1, -0.05) is 13.8 Å². The maximum absolute atomic E-state index is 3.34. The van der Waals surface area contributed by atoms with Crippen molar-refractivity contribution in [3.63, 3.8) is 0 Å². The molecule has 12 heavy (non-hydrogen) atoms. The lowest BCUT2D eigenvalue weighted by Crippen LogP contribution is -2.15. The van der Waals surface area contributed by atoms with E-state index < -0.39 is 0 Å². The molecule has 0 amide bonds. The summed E-state index contributed by atoms with van der Waals surface area (Å²) in [6, 6.07) is 2.22. The molecule has 1 unspecified atom stereocenters. The number of hydrogen-bond acceptors (Lipinski definition) is 2. The predicted octanol–water partition coefficient (Wildman–Crippen LogP) is 2.85. The van der Waals surface area contributed by atoms with Crippen LogP contribution in [0.1, 0.15) is 31.7 Å². The molecule has 0 spiro atoms. The molecule has 0 aliphatic rings. The van der Waals surface area contributed by atoms with Crippen LogP contribution < -0.4 is 5.32 Å². The fourth-order valence-corrected chi connectivity index (χ4v) is 2.00. The van der Waals surface area contributed by atoms with Crippen LogP contribution in [0.2, 0.25) is 0 Å². The average Bonchev–Trinajstić information content (AvgIpc) is 2.56. The van der Waals surface area contributed by atoms with Crippen molar-refractivity contribution >= 4 is 11.3 Å². The van der Waals surface area contributed by atoms with E-state index in [1.807, 2.05) is 0 Å². The van der Waals surface area contributed by atoms with E-state index in [1.54, 1.807) is 11.3 Å². The zero-order valence-corrected chi connectivity index (χ0v) is 8.66. The lowest BCUT2D eigenvalue weighted by Gasteiger charge is -2.09. The Morgan fingerprint density at radius 1 is 1.58 bits per heavy atom. The SMILES string of the molecule is CCNCCC(C)c1ccsc1. The van der Waals surface area contributed by atoms with Crippen LogP contribution in [0.4, 0.5) is 0 Å². The summed E-state index contributed by atoms with van der Waals surface area (Å²) in [4.78, 5) is 0. The van der Waals surface area contributed by atoms with E-state index in [1.165, 1.54) is 12.0 Å². The van der Waals surface area contributed by atoms with Crippen molar-refractivity contribution in [2.75, 3.05) is 13.1 Å². The molecule has 1 aromatic rings. The minimum atomic E-state index is 0.704. The van der Waals surface area contributed by atoms with Crippen molar-refractivity contribution in [1.82, 2.24) is 5.32 Å². The number of rotatable bonds is 5. The summed E-state index contributed by atoms with van der Waals surface area (Å²) in [6.45, 7) is 6.65. The van der Waals surface area contributed by atoms with Gasteiger partial charge in [-0.15, -0.1) is 0 Å². The smallest absolute Gasteiger partial charge is 0.00433 e. The summed E-state index contributed by atoms with van der Waals surface area (Å²) in [5.41, 5.74) is 1.48. The van der Waals surface area contributed by atoms with Gasteiger partial charge in [0.1, 0.15) is 0 Å². The van der Waals surface area contributed by atoms with E-state index in [0.717, 1.165) is 13.1 Å². The summed E-state index contributed by atoms with van der Waals surface area (Å²) in [5.74, 6) is 0.704. The zero-order valence-electron chi connectivity index (χ0n) is 7.84. The van der Waals surface area contributed by atoms with Crippen LogP contribution in [0.5, 0.6) is 0 Å². The first-order valence-electron chi connectivity index (χ1n) is 4.57. The highest BCUT2D eigenvalue weighted by Crippen LogP contribution is 2.20. The van der Waals surface area contributed by atoms with E-state index in [-0.39, 0.29) is 0 Å². The highest BCUT2D eigenvalue weighted by atomic mass is 32.1. The van der Waals surface area contributed by atoms with Crippen LogP contribution >= 0.6 is 11.3 Å². The molecule has 1 atom stereocenters. The maximum Gasteiger partial charge on any atom is -0.00433 e. The van der Waals surface area contributed by atoms with E-state index in [9.17, 15) is 0 Å². The van der Waals surface area contributed by atoms with Gasteiger partial charge in [0.2, 0.25) is 0 Å². The number of thiophene rings is 1. The quantitative estimate of drug-likeness (QED) is 0.692. The Kier molecular flexibility index (Phi) is 4.33. The largest absolute Gasteiger partial charge is 0.317 e. The standard InChI is InChI=1S/C10H17NS/c1-3-11-6-4-9(2)10-5-7-12-8-10/h5,7-9,11H,3-4,6H2,1-2H3. The normalized spacial score (nSPS) is 13.2. The third-order valence-electron chi connectivity index (χ3n) is 2.12. The van der Waals surface area contributed by atoms with Gasteiger partial charge in [0.25, 0.3) is 0 Å². The van der Waals surface area contributed by atoms with Gasteiger partial charge in [0, 0.05) is 0 Å². The molecule has 0 radical (unpaired) electrons. The van der Waals surface area contributed by atoms with E-state index in [4.69, 9.17) is 0 Å². The fraction of sp³-hybridized carbons (Fsp3) is 0.600. The lowest BCUT2D eigenvalue weighted by atomic mass is 10.0. The van der Waals surface area contributed by atoms with Crippen molar-refractivity contribution in [2.45, 2.75) is 26.2 Å². The number of nitrogens with one attached hydrogen (secondary N) is 1. The molecule has 1 heterocycles. The fourth-order valence-electron chi connectivity index (χ4n) is 1.22. The van der Waals surface area contributed by atoms with Gasteiger partial charge >= 0.3 is 0 Å². The topological polar surface area (TPSA) is 12.0 Å². The first-order valence-corrected chi connectivity index (χ1v) is 5.51. The molecule has 0 aromatic carbocycles. The summed E-state index contributed by atoms with van der Waals surface area (Å²) in [7, 11) is 0. The van der Waals surface area contributed by atoms with Crippen molar-refractivity contribution in [3.8, 4) is 0 Å². The van der Waals surface area contributed by atoms with Crippen LogP contribution in [0, 0.1) is 0 Å². The molecule has 1 nitrogen and oxygen atoms in total. The second kappa shape index (κ2) is 5.33. The van der Waals surface area contributed by atoms with Crippen LogP contribution in [0.25, 0.3) is 0 Å². The molecule has 68 valence electrons. The van der Waals surface area contributed by atoms with Gasteiger partial charge < -0.3 is 5.32 Å². The summed E-state index contributed by atoms with van der Waals surface area (Å²) >= 11 is 1.79. The minimum absolute atomic E-state index is 0.704. The first-order chi connectivity index (χ1) is 5.84. The second-order valence-corrected chi connectivity index (χ2v) is 3.88. The molecule has 1 rings (SSSR count). The van der Waals surface area contributed by atoms with E-state index in [0.29, 0.717) is 5.92 Å². The van der Waals surface area contributed by atoms with Crippen LogP contribution in [-0.4, -0.2) is 13.1 Å². The molecule has 0 aliphatic heterocycles. The Morgan fingerprint density at radius 2 is 2.42 bits per heavy atom. The van der Waals surface area contributed by atoms with Crippen molar-refractivity contribution in [1.29, 1.82) is 0 Å². The highest BCUT2D eigenvalue weighted by molar-refractivity contribution is 7.07. The molecular weight excluding hydrogens is 166 g/mol. The zero-order chi connectivity index (χ0) is 8.81. The first kappa shape index (κ1) is 9.75. The van der Waals surface area contributed by atoms with Crippen LogP contribution in [0.15, 0.2) is 16.8 Å². The minimum Gasteiger partial charge on any atom is -0.317 e. The summed E-state index contributed by atoms with van der Waals surface area (Å²) in [5, 5.41) is 7.74. The van der Waals surface area contributed by atoms with Gasteiger partial charge in [-0.05, 0) is 47.8 Å². The van der Waals surface area contributed by atoms with Crippen LogP contribution in [0.3, 0.4) is 0 Å².